The molecule has 0 spiro atoms. The normalized spacial score (nSPS) is 17.0. The summed E-state index contributed by atoms with van der Waals surface area (Å²) >= 11 is 6.56. The Morgan fingerprint density at radius 2 is 2.17 bits per heavy atom. The minimum Gasteiger partial charge on any atom is -0.352 e. The van der Waals surface area contributed by atoms with Crippen LogP contribution < -0.4 is 5.32 Å². The molecule has 0 aromatic heterocycles. The highest BCUT2D eigenvalue weighted by Gasteiger charge is 2.28. The van der Waals surface area contributed by atoms with Crippen molar-refractivity contribution in [3.63, 3.8) is 0 Å². The van der Waals surface area contributed by atoms with Crippen LogP contribution in [-0.2, 0) is 6.42 Å². The first-order valence-electron chi connectivity index (χ1n) is 6.51. The summed E-state index contributed by atoms with van der Waals surface area (Å²) < 4.78 is 0. The summed E-state index contributed by atoms with van der Waals surface area (Å²) in [4.78, 5) is 11.8. The van der Waals surface area contributed by atoms with Gasteiger partial charge in [0, 0.05) is 12.1 Å². The van der Waals surface area contributed by atoms with E-state index >= 15 is 0 Å². The maximum absolute atomic E-state index is 11.8. The van der Waals surface area contributed by atoms with E-state index in [1.165, 1.54) is 0 Å². The molecule has 0 aliphatic carbocycles. The lowest BCUT2D eigenvalue weighted by molar-refractivity contribution is 0.0946. The van der Waals surface area contributed by atoms with E-state index in [2.05, 4.69) is 32.2 Å². The van der Waals surface area contributed by atoms with Crippen LogP contribution in [0.3, 0.4) is 0 Å². The quantitative estimate of drug-likeness (QED) is 0.830. The molecule has 0 saturated heterocycles. The average Bonchev–Trinajstić information content (AvgIpc) is 2.38. The maximum atomic E-state index is 11.8. The third-order valence-electron chi connectivity index (χ3n) is 3.95. The Balaban J connectivity index is 2.36. The Labute approximate surface area is 114 Å². The van der Waals surface area contributed by atoms with Crippen LogP contribution in [0, 0.1) is 5.41 Å². The first-order valence-corrected chi connectivity index (χ1v) is 6.94. The molecule has 0 radical (unpaired) electrons. The molecule has 1 amide bonds. The fourth-order valence-electron chi connectivity index (χ4n) is 2.22. The monoisotopic (exact) mass is 265 g/mol. The number of amides is 1. The average molecular weight is 266 g/mol. The van der Waals surface area contributed by atoms with Crippen molar-refractivity contribution < 1.29 is 4.79 Å². The van der Waals surface area contributed by atoms with Gasteiger partial charge in [-0.25, -0.2) is 0 Å². The summed E-state index contributed by atoms with van der Waals surface area (Å²) in [5.74, 6) is 0.0243. The number of rotatable bonds is 3. The van der Waals surface area contributed by atoms with E-state index in [0.29, 0.717) is 0 Å². The second-order valence-electron chi connectivity index (χ2n) is 5.63. The van der Waals surface area contributed by atoms with Gasteiger partial charge >= 0.3 is 0 Å². The number of hydrogen-bond acceptors (Lipinski definition) is 1. The van der Waals surface area contributed by atoms with E-state index in [9.17, 15) is 4.79 Å². The summed E-state index contributed by atoms with van der Waals surface area (Å²) in [5.41, 5.74) is 2.98. The van der Waals surface area contributed by atoms with Gasteiger partial charge in [-0.3, -0.25) is 4.79 Å². The van der Waals surface area contributed by atoms with Crippen molar-refractivity contribution in [3.8, 4) is 0 Å². The van der Waals surface area contributed by atoms with Crippen molar-refractivity contribution in [1.82, 2.24) is 5.32 Å². The third-order valence-corrected chi connectivity index (χ3v) is 4.79. The number of benzene rings is 1. The molecule has 0 fully saturated rings. The van der Waals surface area contributed by atoms with Crippen molar-refractivity contribution >= 4 is 17.5 Å². The zero-order valence-corrected chi connectivity index (χ0v) is 12.0. The zero-order valence-electron chi connectivity index (χ0n) is 11.2. The van der Waals surface area contributed by atoms with Gasteiger partial charge < -0.3 is 5.32 Å². The van der Waals surface area contributed by atoms with Gasteiger partial charge in [0.25, 0.3) is 5.91 Å². The summed E-state index contributed by atoms with van der Waals surface area (Å²) in [7, 11) is 0. The Morgan fingerprint density at radius 3 is 2.83 bits per heavy atom. The zero-order chi connectivity index (χ0) is 13.3. The highest BCUT2D eigenvalue weighted by atomic mass is 35.5. The molecule has 98 valence electrons. The van der Waals surface area contributed by atoms with Gasteiger partial charge in [-0.05, 0) is 35.4 Å². The van der Waals surface area contributed by atoms with Gasteiger partial charge in [-0.2, -0.15) is 0 Å². The molecular formula is C15H20ClNO. The largest absolute Gasteiger partial charge is 0.352 e. The lowest BCUT2D eigenvalue weighted by Crippen LogP contribution is -2.32. The Bertz CT molecular complexity index is 468. The van der Waals surface area contributed by atoms with E-state index in [-0.39, 0.29) is 16.7 Å². The van der Waals surface area contributed by atoms with E-state index in [4.69, 9.17) is 11.6 Å². The van der Waals surface area contributed by atoms with Crippen LogP contribution in [0.1, 0.15) is 54.1 Å². The van der Waals surface area contributed by atoms with Gasteiger partial charge in [-0.1, -0.05) is 32.9 Å². The molecule has 0 bridgehead atoms. The molecule has 1 atom stereocenters. The predicted octanol–water partition coefficient (Wildman–Crippen LogP) is 3.69. The fourth-order valence-corrected chi connectivity index (χ4v) is 2.51. The van der Waals surface area contributed by atoms with E-state index < -0.39 is 0 Å². The number of alkyl halides is 1. The van der Waals surface area contributed by atoms with E-state index in [0.717, 1.165) is 36.1 Å². The standard InChI is InChI=1S/C15H20ClNO/c1-4-15(2,3)13(16)11-6-5-10-7-8-17-14(18)12(10)9-11/h5-6,9,13H,4,7-8H2,1-3H3,(H,17,18). The maximum Gasteiger partial charge on any atom is 0.251 e. The molecule has 18 heavy (non-hydrogen) atoms. The van der Waals surface area contributed by atoms with Crippen LogP contribution >= 0.6 is 11.6 Å². The molecule has 1 aliphatic rings. The number of fused-ring (bicyclic) bond motifs is 1. The Hall–Kier alpha value is -1.02. The second kappa shape index (κ2) is 4.93. The first kappa shape index (κ1) is 13.4. The van der Waals surface area contributed by atoms with E-state index in [1.54, 1.807) is 0 Å². The SMILES string of the molecule is CCC(C)(C)C(Cl)c1ccc2c(c1)C(=O)NCC2. The minimum absolute atomic E-state index is 0.0243. The smallest absolute Gasteiger partial charge is 0.251 e. The molecule has 1 aromatic rings. The highest BCUT2D eigenvalue weighted by molar-refractivity contribution is 6.21. The predicted molar refractivity (Wildman–Crippen MR) is 75.1 cm³/mol. The molecule has 2 rings (SSSR count). The highest BCUT2D eigenvalue weighted by Crippen LogP contribution is 2.41. The Kier molecular flexibility index (Phi) is 3.67. The molecule has 3 heteroatoms. The van der Waals surface area contributed by atoms with Crippen LogP contribution in [0.5, 0.6) is 0 Å². The third kappa shape index (κ3) is 2.39. The molecular weight excluding hydrogens is 246 g/mol. The van der Waals surface area contributed by atoms with Crippen molar-refractivity contribution in [1.29, 1.82) is 0 Å². The minimum atomic E-state index is -0.0671. The number of carbonyl (C=O) groups excluding carboxylic acids is 1. The molecule has 2 nitrogen and oxygen atoms in total. The van der Waals surface area contributed by atoms with Crippen LogP contribution in [0.25, 0.3) is 0 Å². The number of hydrogen-bond donors (Lipinski definition) is 1. The van der Waals surface area contributed by atoms with Crippen molar-refractivity contribution in [2.24, 2.45) is 5.41 Å². The fraction of sp³-hybridized carbons (Fsp3) is 0.533. The van der Waals surface area contributed by atoms with E-state index in [1.807, 2.05) is 12.1 Å². The summed E-state index contributed by atoms with van der Waals surface area (Å²) in [6.07, 6.45) is 1.91. The van der Waals surface area contributed by atoms with Crippen molar-refractivity contribution in [2.45, 2.75) is 39.0 Å². The van der Waals surface area contributed by atoms with Gasteiger partial charge in [0.05, 0.1) is 5.38 Å². The summed E-state index contributed by atoms with van der Waals surface area (Å²) in [6, 6.07) is 6.07. The lowest BCUT2D eigenvalue weighted by Gasteiger charge is -2.30. The Morgan fingerprint density at radius 1 is 1.44 bits per heavy atom. The van der Waals surface area contributed by atoms with Gasteiger partial charge in [0.1, 0.15) is 0 Å². The number of halogens is 1. The molecule has 1 N–H and O–H groups in total. The summed E-state index contributed by atoms with van der Waals surface area (Å²) in [5, 5.41) is 2.81. The number of nitrogens with one attached hydrogen (secondary N) is 1. The van der Waals surface area contributed by atoms with Gasteiger partial charge in [0.15, 0.2) is 0 Å². The first-order chi connectivity index (χ1) is 8.45. The van der Waals surface area contributed by atoms with Crippen LogP contribution in [0.15, 0.2) is 18.2 Å². The van der Waals surface area contributed by atoms with Crippen LogP contribution in [0.2, 0.25) is 0 Å². The topological polar surface area (TPSA) is 29.1 Å². The molecule has 1 unspecified atom stereocenters. The molecule has 1 aromatic carbocycles. The second-order valence-corrected chi connectivity index (χ2v) is 6.06. The van der Waals surface area contributed by atoms with Crippen LogP contribution in [-0.4, -0.2) is 12.5 Å². The lowest BCUT2D eigenvalue weighted by atomic mass is 9.82. The van der Waals surface area contributed by atoms with Gasteiger partial charge in [-0.15, -0.1) is 11.6 Å². The van der Waals surface area contributed by atoms with Crippen molar-refractivity contribution in [2.75, 3.05) is 6.54 Å². The molecule has 1 heterocycles. The van der Waals surface area contributed by atoms with Gasteiger partial charge in [0.2, 0.25) is 0 Å². The summed E-state index contributed by atoms with van der Waals surface area (Å²) in [6.45, 7) is 7.19. The molecule has 1 aliphatic heterocycles. The molecule has 0 saturated carbocycles. The van der Waals surface area contributed by atoms with Crippen LogP contribution in [0.4, 0.5) is 0 Å². The van der Waals surface area contributed by atoms with Crippen molar-refractivity contribution in [3.05, 3.63) is 34.9 Å². The number of carbonyl (C=O) groups is 1.